The minimum Gasteiger partial charge on any atom is -0.312 e. The van der Waals surface area contributed by atoms with Gasteiger partial charge >= 0.3 is 0 Å². The molecule has 1 aromatic heterocycles. The van der Waals surface area contributed by atoms with Crippen LogP contribution < -0.4 is 5.32 Å². The first-order valence-electron chi connectivity index (χ1n) is 6.68. The van der Waals surface area contributed by atoms with Gasteiger partial charge in [0.15, 0.2) is 0 Å². The topological polar surface area (TPSA) is 29.9 Å². The molecule has 0 spiro atoms. The van der Waals surface area contributed by atoms with E-state index in [0.29, 0.717) is 18.7 Å². The van der Waals surface area contributed by atoms with Gasteiger partial charge in [0, 0.05) is 18.7 Å². The highest BCUT2D eigenvalue weighted by atomic mass is 19.1. The average Bonchev–Trinajstić information content (AvgIpc) is 2.71. The molecule has 0 aliphatic carbocycles. The maximum atomic E-state index is 13.9. The Labute approximate surface area is 113 Å². The van der Waals surface area contributed by atoms with Crippen LogP contribution >= 0.6 is 0 Å². The van der Waals surface area contributed by atoms with Crippen LogP contribution in [0.4, 0.5) is 4.39 Å². The summed E-state index contributed by atoms with van der Waals surface area (Å²) in [5, 5.41) is 7.44. The maximum Gasteiger partial charge on any atom is 0.216 e. The Morgan fingerprint density at radius 3 is 2.63 bits per heavy atom. The zero-order valence-corrected chi connectivity index (χ0v) is 11.5. The van der Waals surface area contributed by atoms with Crippen LogP contribution in [0.2, 0.25) is 0 Å². The van der Waals surface area contributed by atoms with Crippen LogP contribution in [0.15, 0.2) is 30.3 Å². The summed E-state index contributed by atoms with van der Waals surface area (Å²) in [5.74, 6) is -0.216. The molecule has 102 valence electrons. The van der Waals surface area contributed by atoms with Crippen molar-refractivity contribution < 1.29 is 4.39 Å². The van der Waals surface area contributed by atoms with Crippen LogP contribution in [-0.2, 0) is 19.5 Å². The number of rotatable bonds is 6. The molecule has 0 bridgehead atoms. The van der Waals surface area contributed by atoms with E-state index in [1.165, 1.54) is 10.2 Å². The minimum absolute atomic E-state index is 0.216. The Morgan fingerprint density at radius 2 is 2.00 bits per heavy atom. The van der Waals surface area contributed by atoms with Gasteiger partial charge in [0.1, 0.15) is 0 Å². The number of benzene rings is 1. The molecule has 0 saturated heterocycles. The molecule has 2 rings (SSSR count). The SMILES string of the molecule is CCn1nc(C)c(CNCCc2ccccc2)c1F. The first-order valence-corrected chi connectivity index (χ1v) is 6.68. The molecule has 0 unspecified atom stereocenters. The van der Waals surface area contributed by atoms with E-state index in [9.17, 15) is 4.39 Å². The lowest BCUT2D eigenvalue weighted by molar-refractivity contribution is 0.460. The summed E-state index contributed by atoms with van der Waals surface area (Å²) >= 11 is 0. The summed E-state index contributed by atoms with van der Waals surface area (Å²) in [4.78, 5) is 0. The summed E-state index contributed by atoms with van der Waals surface area (Å²) in [7, 11) is 0. The van der Waals surface area contributed by atoms with Crippen molar-refractivity contribution in [3.63, 3.8) is 0 Å². The number of nitrogens with one attached hydrogen (secondary N) is 1. The van der Waals surface area contributed by atoms with Gasteiger partial charge in [-0.1, -0.05) is 30.3 Å². The monoisotopic (exact) mass is 261 g/mol. The average molecular weight is 261 g/mol. The smallest absolute Gasteiger partial charge is 0.216 e. The third-order valence-electron chi connectivity index (χ3n) is 3.22. The zero-order valence-electron chi connectivity index (χ0n) is 11.5. The van der Waals surface area contributed by atoms with Gasteiger partial charge in [-0.25, -0.2) is 4.68 Å². The Kier molecular flexibility index (Phi) is 4.68. The summed E-state index contributed by atoms with van der Waals surface area (Å²) in [6, 6.07) is 10.3. The Balaban J connectivity index is 1.85. The van der Waals surface area contributed by atoms with E-state index >= 15 is 0 Å². The normalized spacial score (nSPS) is 10.9. The van der Waals surface area contributed by atoms with E-state index in [1.54, 1.807) is 0 Å². The van der Waals surface area contributed by atoms with Gasteiger partial charge in [-0.15, -0.1) is 0 Å². The van der Waals surface area contributed by atoms with Crippen molar-refractivity contribution in [3.05, 3.63) is 53.1 Å². The Morgan fingerprint density at radius 1 is 1.26 bits per heavy atom. The van der Waals surface area contributed by atoms with Crippen LogP contribution in [-0.4, -0.2) is 16.3 Å². The van der Waals surface area contributed by atoms with Crippen LogP contribution in [0, 0.1) is 12.9 Å². The fraction of sp³-hybridized carbons (Fsp3) is 0.400. The number of hydrogen-bond acceptors (Lipinski definition) is 2. The van der Waals surface area contributed by atoms with E-state index in [1.807, 2.05) is 32.0 Å². The van der Waals surface area contributed by atoms with Gasteiger partial charge in [-0.3, -0.25) is 0 Å². The predicted molar refractivity (Wildman–Crippen MR) is 74.4 cm³/mol. The Bertz CT molecular complexity index is 520. The second-order valence-electron chi connectivity index (χ2n) is 4.58. The second kappa shape index (κ2) is 6.48. The molecule has 1 N–H and O–H groups in total. The van der Waals surface area contributed by atoms with Crippen molar-refractivity contribution in [2.24, 2.45) is 0 Å². The molecule has 0 saturated carbocycles. The number of halogens is 1. The first kappa shape index (κ1) is 13.7. The van der Waals surface area contributed by atoms with Gasteiger partial charge in [0.25, 0.3) is 0 Å². The van der Waals surface area contributed by atoms with E-state index in [0.717, 1.165) is 18.7 Å². The molecule has 0 aliphatic rings. The molecule has 19 heavy (non-hydrogen) atoms. The maximum absolute atomic E-state index is 13.9. The summed E-state index contributed by atoms with van der Waals surface area (Å²) in [5.41, 5.74) is 2.73. The molecule has 0 fully saturated rings. The third-order valence-corrected chi connectivity index (χ3v) is 3.22. The van der Waals surface area contributed by atoms with E-state index < -0.39 is 0 Å². The number of hydrogen-bond donors (Lipinski definition) is 1. The number of nitrogens with zero attached hydrogens (tertiary/aromatic N) is 2. The van der Waals surface area contributed by atoms with Crippen LogP contribution in [0.1, 0.15) is 23.7 Å². The second-order valence-corrected chi connectivity index (χ2v) is 4.58. The van der Waals surface area contributed by atoms with Gasteiger partial charge in [-0.2, -0.15) is 9.49 Å². The summed E-state index contributed by atoms with van der Waals surface area (Å²) in [6.07, 6.45) is 0.948. The Hall–Kier alpha value is -1.68. The predicted octanol–water partition coefficient (Wildman–Crippen LogP) is 2.68. The van der Waals surface area contributed by atoms with Crippen LogP contribution in [0.5, 0.6) is 0 Å². The molecular formula is C15H20FN3. The summed E-state index contributed by atoms with van der Waals surface area (Å²) in [6.45, 7) is 5.67. The first-order chi connectivity index (χ1) is 9.22. The largest absolute Gasteiger partial charge is 0.312 e. The molecule has 1 aromatic carbocycles. The molecule has 0 atom stereocenters. The molecule has 0 amide bonds. The quantitative estimate of drug-likeness (QED) is 0.810. The standard InChI is InChI=1S/C15H20FN3/c1-3-19-15(16)14(12(2)18-19)11-17-10-9-13-7-5-4-6-8-13/h4-8,17H,3,9-11H2,1-2H3. The number of aryl methyl sites for hydroxylation is 2. The van der Waals surface area contributed by atoms with Crippen molar-refractivity contribution in [2.75, 3.05) is 6.54 Å². The van der Waals surface area contributed by atoms with Gasteiger partial charge in [0.05, 0.1) is 5.69 Å². The molecule has 4 heteroatoms. The zero-order chi connectivity index (χ0) is 13.7. The molecule has 0 radical (unpaired) electrons. The van der Waals surface area contributed by atoms with Crippen molar-refractivity contribution in [1.29, 1.82) is 0 Å². The van der Waals surface area contributed by atoms with E-state index in [4.69, 9.17) is 0 Å². The number of aromatic nitrogens is 2. The van der Waals surface area contributed by atoms with Crippen LogP contribution in [0.25, 0.3) is 0 Å². The third kappa shape index (κ3) is 3.41. The highest BCUT2D eigenvalue weighted by molar-refractivity contribution is 5.18. The van der Waals surface area contributed by atoms with Crippen LogP contribution in [0.3, 0.4) is 0 Å². The molecule has 2 aromatic rings. The van der Waals surface area contributed by atoms with Crippen molar-refractivity contribution >= 4 is 0 Å². The highest BCUT2D eigenvalue weighted by Gasteiger charge is 2.13. The minimum atomic E-state index is -0.216. The highest BCUT2D eigenvalue weighted by Crippen LogP contribution is 2.11. The van der Waals surface area contributed by atoms with Gasteiger partial charge in [0.2, 0.25) is 5.95 Å². The van der Waals surface area contributed by atoms with E-state index in [-0.39, 0.29) is 5.95 Å². The fourth-order valence-electron chi connectivity index (χ4n) is 2.09. The fourth-order valence-corrected chi connectivity index (χ4v) is 2.09. The van der Waals surface area contributed by atoms with Crippen molar-refractivity contribution in [3.8, 4) is 0 Å². The van der Waals surface area contributed by atoms with Crippen molar-refractivity contribution in [1.82, 2.24) is 15.1 Å². The van der Waals surface area contributed by atoms with Gasteiger partial charge in [-0.05, 0) is 32.4 Å². The summed E-state index contributed by atoms with van der Waals surface area (Å²) < 4.78 is 15.3. The lowest BCUT2D eigenvalue weighted by atomic mass is 10.1. The molecular weight excluding hydrogens is 241 g/mol. The molecule has 0 aliphatic heterocycles. The van der Waals surface area contributed by atoms with E-state index in [2.05, 4.69) is 22.5 Å². The molecule has 3 nitrogen and oxygen atoms in total. The van der Waals surface area contributed by atoms with Crippen molar-refractivity contribution in [2.45, 2.75) is 33.4 Å². The van der Waals surface area contributed by atoms with Gasteiger partial charge < -0.3 is 5.32 Å². The lowest BCUT2D eigenvalue weighted by Gasteiger charge is -2.04. The molecule has 1 heterocycles. The lowest BCUT2D eigenvalue weighted by Crippen LogP contribution is -2.17.